The molecule has 0 radical (unpaired) electrons. The summed E-state index contributed by atoms with van der Waals surface area (Å²) in [6.07, 6.45) is 0. The Hall–Kier alpha value is -0.940. The van der Waals surface area contributed by atoms with E-state index < -0.39 is 5.97 Å². The van der Waals surface area contributed by atoms with E-state index in [1.165, 1.54) is 20.3 Å². The molecule has 0 heterocycles. The molecule has 0 aliphatic rings. The summed E-state index contributed by atoms with van der Waals surface area (Å²) in [6, 6.07) is 1.52. The second-order valence-corrected chi connectivity index (χ2v) is 3.85. The third kappa shape index (κ3) is 2.18. The molecule has 1 aromatic carbocycles. The molecule has 0 saturated heterocycles. The SMILES string of the molecule is COc1c(Cl)cc(Br)c(OC)c1C(=O)O. The smallest absolute Gasteiger partial charge is 0.343 e. The Morgan fingerprint density at radius 1 is 1.40 bits per heavy atom. The minimum absolute atomic E-state index is 0.0872. The van der Waals surface area contributed by atoms with Crippen molar-refractivity contribution in [2.45, 2.75) is 0 Å². The Kier molecular flexibility index (Phi) is 3.82. The Morgan fingerprint density at radius 3 is 2.33 bits per heavy atom. The van der Waals surface area contributed by atoms with E-state index in [2.05, 4.69) is 15.9 Å². The third-order valence-corrected chi connectivity index (χ3v) is 2.63. The number of aromatic carboxylic acids is 1. The standard InChI is InChI=1S/C9H8BrClO4/c1-14-7-4(10)3-5(11)8(15-2)6(7)9(12)13/h3H,1-2H3,(H,12,13). The van der Waals surface area contributed by atoms with Gasteiger partial charge < -0.3 is 14.6 Å². The van der Waals surface area contributed by atoms with E-state index in [9.17, 15) is 4.79 Å². The van der Waals surface area contributed by atoms with Gasteiger partial charge in [-0.2, -0.15) is 0 Å². The largest absolute Gasteiger partial charge is 0.495 e. The van der Waals surface area contributed by atoms with Crippen LogP contribution in [0.4, 0.5) is 0 Å². The number of carbonyl (C=O) groups is 1. The molecule has 0 spiro atoms. The minimum Gasteiger partial charge on any atom is -0.495 e. The van der Waals surface area contributed by atoms with Crippen LogP contribution in [0.25, 0.3) is 0 Å². The number of methoxy groups -OCH3 is 2. The first kappa shape index (κ1) is 12.1. The Morgan fingerprint density at radius 2 is 1.93 bits per heavy atom. The van der Waals surface area contributed by atoms with Crippen molar-refractivity contribution in [3.05, 3.63) is 21.1 Å². The molecule has 1 aromatic rings. The monoisotopic (exact) mass is 294 g/mol. The van der Waals surface area contributed by atoms with Gasteiger partial charge in [-0.3, -0.25) is 0 Å². The average molecular weight is 296 g/mol. The first-order chi connectivity index (χ1) is 7.02. The van der Waals surface area contributed by atoms with E-state index >= 15 is 0 Å². The third-order valence-electron chi connectivity index (χ3n) is 1.76. The van der Waals surface area contributed by atoms with Crippen LogP contribution >= 0.6 is 27.5 Å². The molecule has 0 aromatic heterocycles. The van der Waals surface area contributed by atoms with Gasteiger partial charge in [0.1, 0.15) is 5.56 Å². The predicted octanol–water partition coefficient (Wildman–Crippen LogP) is 2.82. The van der Waals surface area contributed by atoms with E-state index in [0.717, 1.165) is 0 Å². The van der Waals surface area contributed by atoms with Gasteiger partial charge in [-0.05, 0) is 22.0 Å². The molecule has 1 rings (SSSR count). The minimum atomic E-state index is -1.16. The van der Waals surface area contributed by atoms with Crippen molar-refractivity contribution in [3.8, 4) is 11.5 Å². The van der Waals surface area contributed by atoms with Crippen LogP contribution in [0.1, 0.15) is 10.4 Å². The highest BCUT2D eigenvalue weighted by molar-refractivity contribution is 9.10. The van der Waals surface area contributed by atoms with Gasteiger partial charge in [0.05, 0.1) is 23.7 Å². The zero-order valence-corrected chi connectivity index (χ0v) is 10.3. The van der Waals surface area contributed by atoms with E-state index in [1.54, 1.807) is 0 Å². The van der Waals surface area contributed by atoms with E-state index in [-0.39, 0.29) is 22.1 Å². The van der Waals surface area contributed by atoms with Gasteiger partial charge in [-0.15, -0.1) is 0 Å². The zero-order chi connectivity index (χ0) is 11.6. The fourth-order valence-corrected chi connectivity index (χ4v) is 2.18. The maximum atomic E-state index is 11.0. The van der Waals surface area contributed by atoms with Crippen LogP contribution in [0.2, 0.25) is 5.02 Å². The highest BCUT2D eigenvalue weighted by Crippen LogP contribution is 2.40. The Bertz CT molecular complexity index is 377. The normalized spacial score (nSPS) is 9.87. The zero-order valence-electron chi connectivity index (χ0n) is 8.01. The van der Waals surface area contributed by atoms with Crippen molar-refractivity contribution in [2.24, 2.45) is 0 Å². The van der Waals surface area contributed by atoms with Crippen molar-refractivity contribution in [2.75, 3.05) is 14.2 Å². The van der Waals surface area contributed by atoms with Crippen LogP contribution in [0.3, 0.4) is 0 Å². The molecule has 0 unspecified atom stereocenters. The van der Waals surface area contributed by atoms with Crippen LogP contribution in [0, 0.1) is 0 Å². The summed E-state index contributed by atoms with van der Waals surface area (Å²) in [5, 5.41) is 9.23. The van der Waals surface area contributed by atoms with Gasteiger partial charge in [-0.1, -0.05) is 11.6 Å². The summed E-state index contributed by atoms with van der Waals surface area (Å²) < 4.78 is 10.4. The van der Waals surface area contributed by atoms with Gasteiger partial charge in [-0.25, -0.2) is 4.79 Å². The molecule has 0 saturated carbocycles. The van der Waals surface area contributed by atoms with E-state index in [0.29, 0.717) is 4.47 Å². The molecule has 1 N–H and O–H groups in total. The topological polar surface area (TPSA) is 55.8 Å². The number of carboxylic acid groups (broad SMARTS) is 1. The van der Waals surface area contributed by atoms with Crippen LogP contribution in [0.5, 0.6) is 11.5 Å². The molecule has 82 valence electrons. The van der Waals surface area contributed by atoms with E-state index in [4.69, 9.17) is 26.2 Å². The van der Waals surface area contributed by atoms with Crippen molar-refractivity contribution in [1.82, 2.24) is 0 Å². The summed E-state index contributed by atoms with van der Waals surface area (Å²) in [5.41, 5.74) is -0.0978. The van der Waals surface area contributed by atoms with Crippen LogP contribution < -0.4 is 9.47 Å². The highest BCUT2D eigenvalue weighted by Gasteiger charge is 2.23. The molecule has 15 heavy (non-hydrogen) atoms. The number of carboxylic acids is 1. The first-order valence-electron chi connectivity index (χ1n) is 3.86. The molecule has 0 amide bonds. The second-order valence-electron chi connectivity index (χ2n) is 2.59. The lowest BCUT2D eigenvalue weighted by atomic mass is 10.2. The molecule has 0 fully saturated rings. The Labute approximate surface area is 99.9 Å². The summed E-state index contributed by atoms with van der Waals surface area (Å²) in [7, 11) is 2.72. The van der Waals surface area contributed by atoms with Crippen molar-refractivity contribution in [1.29, 1.82) is 0 Å². The first-order valence-corrected chi connectivity index (χ1v) is 5.03. The van der Waals surface area contributed by atoms with Crippen molar-refractivity contribution in [3.63, 3.8) is 0 Å². The van der Waals surface area contributed by atoms with Gasteiger partial charge in [0.25, 0.3) is 0 Å². The quantitative estimate of drug-likeness (QED) is 0.931. The number of benzene rings is 1. The molecule has 0 aliphatic carbocycles. The number of hydrogen-bond acceptors (Lipinski definition) is 3. The summed E-state index contributed by atoms with van der Waals surface area (Å²) in [5.74, 6) is -0.889. The van der Waals surface area contributed by atoms with Crippen LogP contribution in [-0.2, 0) is 0 Å². The number of hydrogen-bond donors (Lipinski definition) is 1. The second kappa shape index (κ2) is 4.72. The molecule has 4 nitrogen and oxygen atoms in total. The average Bonchev–Trinajstić information content (AvgIpc) is 2.16. The molecular weight excluding hydrogens is 287 g/mol. The molecular formula is C9H8BrClO4. The molecule has 0 aliphatic heterocycles. The van der Waals surface area contributed by atoms with E-state index in [1.807, 2.05) is 0 Å². The van der Waals surface area contributed by atoms with Crippen molar-refractivity contribution < 1.29 is 19.4 Å². The summed E-state index contributed by atoms with van der Waals surface area (Å²) >= 11 is 9.00. The summed E-state index contributed by atoms with van der Waals surface area (Å²) in [6.45, 7) is 0. The maximum absolute atomic E-state index is 11.0. The molecule has 6 heteroatoms. The van der Waals surface area contributed by atoms with Gasteiger partial charge in [0, 0.05) is 0 Å². The number of rotatable bonds is 3. The lowest BCUT2D eigenvalue weighted by Crippen LogP contribution is -2.05. The lowest BCUT2D eigenvalue weighted by molar-refractivity contribution is 0.0689. The fraction of sp³-hybridized carbons (Fsp3) is 0.222. The maximum Gasteiger partial charge on any atom is 0.343 e. The molecule has 0 bridgehead atoms. The molecule has 0 atom stereocenters. The summed E-state index contributed by atoms with van der Waals surface area (Å²) in [4.78, 5) is 11.0. The highest BCUT2D eigenvalue weighted by atomic mass is 79.9. The predicted molar refractivity (Wildman–Crippen MR) is 59.2 cm³/mol. The fourth-order valence-electron chi connectivity index (χ4n) is 1.18. The van der Waals surface area contributed by atoms with Crippen molar-refractivity contribution >= 4 is 33.5 Å². The van der Waals surface area contributed by atoms with Gasteiger partial charge in [0.15, 0.2) is 11.5 Å². The van der Waals surface area contributed by atoms with Gasteiger partial charge >= 0.3 is 5.97 Å². The van der Waals surface area contributed by atoms with Crippen LogP contribution in [0.15, 0.2) is 10.5 Å². The van der Waals surface area contributed by atoms with Gasteiger partial charge in [0.2, 0.25) is 0 Å². The lowest BCUT2D eigenvalue weighted by Gasteiger charge is -2.12. The number of ether oxygens (including phenoxy) is 2. The Balaban J connectivity index is 3.58. The number of halogens is 2. The van der Waals surface area contributed by atoms with Crippen LogP contribution in [-0.4, -0.2) is 25.3 Å².